The van der Waals surface area contributed by atoms with E-state index in [1.54, 1.807) is 0 Å². The van der Waals surface area contributed by atoms with Crippen molar-refractivity contribution in [1.82, 2.24) is 0 Å². The van der Waals surface area contributed by atoms with Gasteiger partial charge in [-0.05, 0) is 18.8 Å². The van der Waals surface area contributed by atoms with E-state index in [2.05, 4.69) is 0 Å². The molecular formula is C9H16O2. The summed E-state index contributed by atoms with van der Waals surface area (Å²) in [5.74, 6) is 0.660. The van der Waals surface area contributed by atoms with E-state index in [1.807, 2.05) is 0 Å². The summed E-state index contributed by atoms with van der Waals surface area (Å²) in [6.45, 7) is 0. The molecular weight excluding hydrogens is 140 g/mol. The Kier molecular flexibility index (Phi) is 2.14. The highest BCUT2D eigenvalue weighted by atomic mass is 16.7. The van der Waals surface area contributed by atoms with Crippen LogP contribution in [0.5, 0.6) is 0 Å². The molecule has 2 unspecified atom stereocenters. The Morgan fingerprint density at radius 1 is 1.00 bits per heavy atom. The molecule has 0 aromatic carbocycles. The molecule has 1 saturated carbocycles. The molecule has 1 saturated heterocycles. The van der Waals surface area contributed by atoms with E-state index in [0.29, 0.717) is 5.92 Å². The minimum Gasteiger partial charge on any atom is -0.366 e. The minimum atomic E-state index is -0.418. The monoisotopic (exact) mass is 156 g/mol. The summed E-state index contributed by atoms with van der Waals surface area (Å²) in [5.41, 5.74) is 0. The molecule has 1 N–H and O–H groups in total. The lowest BCUT2D eigenvalue weighted by atomic mass is 9.97. The van der Waals surface area contributed by atoms with E-state index in [1.165, 1.54) is 38.5 Å². The maximum Gasteiger partial charge on any atom is 0.182 e. The second-order valence-corrected chi connectivity index (χ2v) is 3.74. The zero-order valence-corrected chi connectivity index (χ0v) is 6.83. The summed E-state index contributed by atoms with van der Waals surface area (Å²) in [4.78, 5) is 0. The first-order valence-electron chi connectivity index (χ1n) is 4.71. The Balaban J connectivity index is 1.82. The molecule has 1 aliphatic carbocycles. The maximum atomic E-state index is 9.05. The lowest BCUT2D eigenvalue weighted by Crippen LogP contribution is -2.09. The molecule has 2 atom stereocenters. The van der Waals surface area contributed by atoms with Crippen LogP contribution in [0.4, 0.5) is 0 Å². The number of ether oxygens (including phenoxy) is 1. The Labute approximate surface area is 67.6 Å². The lowest BCUT2D eigenvalue weighted by Gasteiger charge is -2.08. The standard InChI is InChI=1S/C9H16O2/c10-9-8(11-9)7-5-3-1-2-4-6-7/h7-10H,1-6H2. The quantitative estimate of drug-likeness (QED) is 0.462. The first-order chi connectivity index (χ1) is 5.38. The summed E-state index contributed by atoms with van der Waals surface area (Å²) >= 11 is 0. The molecule has 0 aromatic rings. The van der Waals surface area contributed by atoms with Gasteiger partial charge in [0, 0.05) is 0 Å². The highest BCUT2D eigenvalue weighted by Crippen LogP contribution is 2.36. The average Bonchev–Trinajstić information content (AvgIpc) is 2.71. The number of aliphatic hydroxyl groups is 1. The average molecular weight is 156 g/mol. The molecule has 2 rings (SSSR count). The Hall–Kier alpha value is -0.0800. The van der Waals surface area contributed by atoms with Crippen molar-refractivity contribution in [3.05, 3.63) is 0 Å². The van der Waals surface area contributed by atoms with Gasteiger partial charge in [0.25, 0.3) is 0 Å². The molecule has 2 heteroatoms. The van der Waals surface area contributed by atoms with Crippen LogP contribution in [0.1, 0.15) is 38.5 Å². The van der Waals surface area contributed by atoms with Gasteiger partial charge in [-0.2, -0.15) is 0 Å². The van der Waals surface area contributed by atoms with Gasteiger partial charge in [-0.25, -0.2) is 0 Å². The largest absolute Gasteiger partial charge is 0.366 e. The van der Waals surface area contributed by atoms with Crippen LogP contribution in [-0.4, -0.2) is 17.5 Å². The van der Waals surface area contributed by atoms with Crippen molar-refractivity contribution in [2.45, 2.75) is 50.9 Å². The predicted octanol–water partition coefficient (Wildman–Crippen LogP) is 1.67. The van der Waals surface area contributed by atoms with Gasteiger partial charge in [-0.15, -0.1) is 0 Å². The molecule has 64 valence electrons. The highest BCUT2D eigenvalue weighted by molar-refractivity contribution is 4.84. The van der Waals surface area contributed by atoms with Crippen molar-refractivity contribution in [3.8, 4) is 0 Å². The van der Waals surface area contributed by atoms with Crippen molar-refractivity contribution in [3.63, 3.8) is 0 Å². The molecule has 1 heterocycles. The molecule has 0 spiro atoms. The molecule has 11 heavy (non-hydrogen) atoms. The number of epoxide rings is 1. The fourth-order valence-electron chi connectivity index (χ4n) is 2.10. The number of hydrogen-bond acceptors (Lipinski definition) is 2. The zero-order valence-electron chi connectivity index (χ0n) is 6.83. The number of aliphatic hydroxyl groups excluding tert-OH is 1. The SMILES string of the molecule is OC1OC1C1CCCCCC1. The van der Waals surface area contributed by atoms with Gasteiger partial charge < -0.3 is 9.84 Å². The summed E-state index contributed by atoms with van der Waals surface area (Å²) in [6.07, 6.45) is 7.72. The van der Waals surface area contributed by atoms with Crippen molar-refractivity contribution < 1.29 is 9.84 Å². The van der Waals surface area contributed by atoms with Crippen molar-refractivity contribution >= 4 is 0 Å². The topological polar surface area (TPSA) is 32.8 Å². The summed E-state index contributed by atoms with van der Waals surface area (Å²) in [6, 6.07) is 0. The predicted molar refractivity (Wildman–Crippen MR) is 42.1 cm³/mol. The zero-order chi connectivity index (χ0) is 7.68. The van der Waals surface area contributed by atoms with Crippen molar-refractivity contribution in [2.75, 3.05) is 0 Å². The van der Waals surface area contributed by atoms with E-state index >= 15 is 0 Å². The van der Waals surface area contributed by atoms with Crippen LogP contribution in [0.3, 0.4) is 0 Å². The van der Waals surface area contributed by atoms with Crippen LogP contribution >= 0.6 is 0 Å². The smallest absolute Gasteiger partial charge is 0.182 e. The van der Waals surface area contributed by atoms with Crippen LogP contribution in [0.15, 0.2) is 0 Å². The normalized spacial score (nSPS) is 40.1. The second-order valence-electron chi connectivity index (χ2n) is 3.74. The molecule has 0 amide bonds. The lowest BCUT2D eigenvalue weighted by molar-refractivity contribution is 0.155. The third kappa shape index (κ3) is 1.74. The molecule has 2 nitrogen and oxygen atoms in total. The summed E-state index contributed by atoms with van der Waals surface area (Å²) in [7, 11) is 0. The summed E-state index contributed by atoms with van der Waals surface area (Å²) < 4.78 is 5.07. The minimum absolute atomic E-state index is 0.202. The van der Waals surface area contributed by atoms with Gasteiger partial charge in [-0.3, -0.25) is 0 Å². The highest BCUT2D eigenvalue weighted by Gasteiger charge is 2.43. The Morgan fingerprint density at radius 3 is 2.00 bits per heavy atom. The van der Waals surface area contributed by atoms with Crippen LogP contribution in [0.2, 0.25) is 0 Å². The van der Waals surface area contributed by atoms with Gasteiger partial charge >= 0.3 is 0 Å². The Bertz CT molecular complexity index is 128. The molecule has 0 radical (unpaired) electrons. The van der Waals surface area contributed by atoms with Gasteiger partial charge in [0.1, 0.15) is 6.10 Å². The van der Waals surface area contributed by atoms with E-state index in [-0.39, 0.29) is 6.10 Å². The first-order valence-corrected chi connectivity index (χ1v) is 4.71. The van der Waals surface area contributed by atoms with E-state index in [9.17, 15) is 0 Å². The maximum absolute atomic E-state index is 9.05. The molecule has 2 aliphatic rings. The van der Waals surface area contributed by atoms with Crippen molar-refractivity contribution in [2.24, 2.45) is 5.92 Å². The summed E-state index contributed by atoms with van der Waals surface area (Å²) in [5, 5.41) is 9.05. The van der Waals surface area contributed by atoms with Gasteiger partial charge in [-0.1, -0.05) is 25.7 Å². The van der Waals surface area contributed by atoms with E-state index < -0.39 is 6.29 Å². The van der Waals surface area contributed by atoms with Gasteiger partial charge in [0.05, 0.1) is 0 Å². The van der Waals surface area contributed by atoms with E-state index in [0.717, 1.165) is 0 Å². The van der Waals surface area contributed by atoms with Gasteiger partial charge in [0.15, 0.2) is 6.29 Å². The molecule has 0 aromatic heterocycles. The van der Waals surface area contributed by atoms with Gasteiger partial charge in [0.2, 0.25) is 0 Å². The van der Waals surface area contributed by atoms with Crippen LogP contribution in [-0.2, 0) is 4.74 Å². The number of rotatable bonds is 1. The first kappa shape index (κ1) is 7.56. The fraction of sp³-hybridized carbons (Fsp3) is 1.00. The molecule has 2 fully saturated rings. The molecule has 1 aliphatic heterocycles. The van der Waals surface area contributed by atoms with E-state index in [4.69, 9.17) is 9.84 Å². The van der Waals surface area contributed by atoms with Crippen LogP contribution in [0, 0.1) is 5.92 Å². The van der Waals surface area contributed by atoms with Crippen molar-refractivity contribution in [1.29, 1.82) is 0 Å². The Morgan fingerprint density at radius 2 is 1.55 bits per heavy atom. The van der Waals surface area contributed by atoms with Crippen LogP contribution < -0.4 is 0 Å². The van der Waals surface area contributed by atoms with Crippen LogP contribution in [0.25, 0.3) is 0 Å². The third-order valence-corrected chi connectivity index (χ3v) is 2.87. The fourth-order valence-corrected chi connectivity index (χ4v) is 2.10. The molecule has 0 bridgehead atoms. The number of hydrogen-bond donors (Lipinski definition) is 1. The second kappa shape index (κ2) is 3.11. The third-order valence-electron chi connectivity index (χ3n) is 2.87.